The Bertz CT molecular complexity index is 624. The molecule has 0 radical (unpaired) electrons. The Morgan fingerprint density at radius 1 is 1.38 bits per heavy atom. The molecule has 3 N–H and O–H groups in total. The van der Waals surface area contributed by atoms with Crippen molar-refractivity contribution in [1.82, 2.24) is 14.8 Å². The highest BCUT2D eigenvalue weighted by Crippen LogP contribution is 2.16. The fraction of sp³-hybridized carbons (Fsp3) is 0.308. The van der Waals surface area contributed by atoms with Crippen molar-refractivity contribution < 1.29 is 9.94 Å². The second-order valence-electron chi connectivity index (χ2n) is 4.30. The number of nitrogens with zero attached hydrogens (tertiary/aromatic N) is 4. The van der Waals surface area contributed by atoms with Gasteiger partial charge in [-0.05, 0) is 31.2 Å². The summed E-state index contributed by atoms with van der Waals surface area (Å²) in [7, 11) is 1.93. The lowest BCUT2D eigenvalue weighted by molar-refractivity contribution is 0.318. The van der Waals surface area contributed by atoms with E-state index in [2.05, 4.69) is 15.4 Å². The average Bonchev–Trinajstić information content (AvgIpc) is 2.83. The first-order chi connectivity index (χ1) is 10.1. The van der Waals surface area contributed by atoms with E-state index in [9.17, 15) is 0 Å². The Hall–Kier alpha value is -2.22. The standard InChI is InChI=1S/C13H17N5O2S/c1-9-15-16-13(18(9)2)21-8-7-20-11-5-3-10(4-6-11)12(14)17-19/h3-6,19H,7-8H2,1-2H3,(H2,14,17). The Morgan fingerprint density at radius 3 is 2.67 bits per heavy atom. The Morgan fingerprint density at radius 2 is 2.10 bits per heavy atom. The first kappa shape index (κ1) is 15.2. The molecule has 0 aliphatic heterocycles. The van der Waals surface area contributed by atoms with Crippen LogP contribution in [0.5, 0.6) is 5.75 Å². The normalized spacial score (nSPS) is 11.6. The zero-order chi connectivity index (χ0) is 15.2. The third kappa shape index (κ3) is 3.88. The van der Waals surface area contributed by atoms with Gasteiger partial charge in [-0.2, -0.15) is 0 Å². The lowest BCUT2D eigenvalue weighted by atomic mass is 10.2. The number of amidine groups is 1. The molecule has 0 bridgehead atoms. The van der Waals surface area contributed by atoms with Crippen molar-refractivity contribution in [2.75, 3.05) is 12.4 Å². The van der Waals surface area contributed by atoms with Gasteiger partial charge in [0.1, 0.15) is 11.6 Å². The molecule has 0 unspecified atom stereocenters. The van der Waals surface area contributed by atoms with E-state index >= 15 is 0 Å². The van der Waals surface area contributed by atoms with Crippen molar-refractivity contribution in [2.24, 2.45) is 17.9 Å². The molecule has 2 rings (SSSR count). The zero-order valence-corrected chi connectivity index (χ0v) is 12.7. The summed E-state index contributed by atoms with van der Waals surface area (Å²) in [5.74, 6) is 2.47. The third-order valence-electron chi connectivity index (χ3n) is 2.89. The maximum atomic E-state index is 8.58. The largest absolute Gasteiger partial charge is 0.493 e. The van der Waals surface area contributed by atoms with Crippen molar-refractivity contribution in [3.63, 3.8) is 0 Å². The second-order valence-corrected chi connectivity index (χ2v) is 5.36. The molecule has 2 aromatic rings. The van der Waals surface area contributed by atoms with E-state index in [0.717, 1.165) is 22.5 Å². The fourth-order valence-corrected chi connectivity index (χ4v) is 2.36. The van der Waals surface area contributed by atoms with Gasteiger partial charge in [-0.3, -0.25) is 0 Å². The van der Waals surface area contributed by atoms with Gasteiger partial charge in [0.15, 0.2) is 11.0 Å². The van der Waals surface area contributed by atoms with E-state index in [4.69, 9.17) is 15.7 Å². The van der Waals surface area contributed by atoms with Crippen LogP contribution in [0.4, 0.5) is 0 Å². The Kier molecular flexibility index (Phi) is 5.04. The molecular weight excluding hydrogens is 290 g/mol. The number of ether oxygens (including phenoxy) is 1. The van der Waals surface area contributed by atoms with Crippen LogP contribution in [0.2, 0.25) is 0 Å². The van der Waals surface area contributed by atoms with Crippen LogP contribution in [-0.4, -0.2) is 38.2 Å². The SMILES string of the molecule is Cc1nnc(SCCOc2ccc(C(N)=NO)cc2)n1C. The number of aryl methyl sites for hydroxylation is 1. The summed E-state index contributed by atoms with van der Waals surface area (Å²) in [6, 6.07) is 7.04. The van der Waals surface area contributed by atoms with Crippen molar-refractivity contribution in [2.45, 2.75) is 12.1 Å². The van der Waals surface area contributed by atoms with Gasteiger partial charge < -0.3 is 20.2 Å². The number of aromatic nitrogens is 3. The second kappa shape index (κ2) is 6.98. The van der Waals surface area contributed by atoms with Gasteiger partial charge in [-0.1, -0.05) is 16.9 Å². The van der Waals surface area contributed by atoms with Crippen LogP contribution in [0.25, 0.3) is 0 Å². The number of nitrogens with two attached hydrogens (primary N) is 1. The zero-order valence-electron chi connectivity index (χ0n) is 11.9. The molecule has 0 atom stereocenters. The van der Waals surface area contributed by atoms with Gasteiger partial charge in [0.05, 0.1) is 6.61 Å². The summed E-state index contributed by atoms with van der Waals surface area (Å²) in [6.45, 7) is 2.47. The molecule has 0 saturated carbocycles. The summed E-state index contributed by atoms with van der Waals surface area (Å²) < 4.78 is 7.56. The maximum absolute atomic E-state index is 8.58. The van der Waals surface area contributed by atoms with Crippen molar-refractivity contribution in [1.29, 1.82) is 0 Å². The van der Waals surface area contributed by atoms with E-state index < -0.39 is 0 Å². The lowest BCUT2D eigenvalue weighted by Crippen LogP contribution is -2.12. The highest BCUT2D eigenvalue weighted by Gasteiger charge is 2.05. The molecule has 0 aliphatic carbocycles. The predicted octanol–water partition coefficient (Wildman–Crippen LogP) is 1.39. The van der Waals surface area contributed by atoms with Gasteiger partial charge in [0.2, 0.25) is 0 Å². The molecule has 0 spiro atoms. The van der Waals surface area contributed by atoms with Gasteiger partial charge in [0, 0.05) is 18.4 Å². The Labute approximate surface area is 126 Å². The molecule has 7 nitrogen and oxygen atoms in total. The molecule has 0 fully saturated rings. The number of hydrogen-bond donors (Lipinski definition) is 2. The fourth-order valence-electron chi connectivity index (χ4n) is 1.59. The molecule has 0 aliphatic rings. The summed E-state index contributed by atoms with van der Waals surface area (Å²) in [5, 5.41) is 20.5. The number of thioether (sulfide) groups is 1. The number of oxime groups is 1. The molecule has 1 heterocycles. The number of benzene rings is 1. The van der Waals surface area contributed by atoms with E-state index in [1.807, 2.05) is 18.5 Å². The van der Waals surface area contributed by atoms with Crippen LogP contribution in [0.1, 0.15) is 11.4 Å². The topological polar surface area (TPSA) is 98.6 Å². The van der Waals surface area contributed by atoms with Gasteiger partial charge in [-0.15, -0.1) is 10.2 Å². The number of hydrogen-bond acceptors (Lipinski definition) is 6. The lowest BCUT2D eigenvalue weighted by Gasteiger charge is -2.06. The predicted molar refractivity (Wildman–Crippen MR) is 80.9 cm³/mol. The summed E-state index contributed by atoms with van der Waals surface area (Å²) in [5.41, 5.74) is 6.13. The van der Waals surface area contributed by atoms with E-state index in [-0.39, 0.29) is 5.84 Å². The third-order valence-corrected chi connectivity index (χ3v) is 3.88. The highest BCUT2D eigenvalue weighted by atomic mass is 32.2. The minimum absolute atomic E-state index is 0.0785. The van der Waals surface area contributed by atoms with E-state index in [1.165, 1.54) is 0 Å². The number of rotatable bonds is 6. The molecule has 0 saturated heterocycles. The average molecular weight is 307 g/mol. The molecular formula is C13H17N5O2S. The van der Waals surface area contributed by atoms with Gasteiger partial charge in [0.25, 0.3) is 0 Å². The monoisotopic (exact) mass is 307 g/mol. The maximum Gasteiger partial charge on any atom is 0.191 e. The van der Waals surface area contributed by atoms with Crippen molar-refractivity contribution >= 4 is 17.6 Å². The molecule has 21 heavy (non-hydrogen) atoms. The molecule has 0 amide bonds. The minimum Gasteiger partial charge on any atom is -0.493 e. The van der Waals surface area contributed by atoms with Crippen LogP contribution in [0.15, 0.2) is 34.6 Å². The molecule has 1 aromatic carbocycles. The van der Waals surface area contributed by atoms with E-state index in [0.29, 0.717) is 12.2 Å². The first-order valence-corrected chi connectivity index (χ1v) is 7.30. The quantitative estimate of drug-likeness (QED) is 0.209. The summed E-state index contributed by atoms with van der Waals surface area (Å²) in [4.78, 5) is 0. The molecule has 1 aromatic heterocycles. The van der Waals surface area contributed by atoms with Crippen LogP contribution in [-0.2, 0) is 7.05 Å². The van der Waals surface area contributed by atoms with Crippen molar-refractivity contribution in [3.8, 4) is 5.75 Å². The molecule has 112 valence electrons. The van der Waals surface area contributed by atoms with Gasteiger partial charge >= 0.3 is 0 Å². The summed E-state index contributed by atoms with van der Waals surface area (Å²) >= 11 is 1.59. The van der Waals surface area contributed by atoms with Crippen LogP contribution >= 0.6 is 11.8 Å². The Balaban J connectivity index is 1.80. The smallest absolute Gasteiger partial charge is 0.191 e. The van der Waals surface area contributed by atoms with Crippen LogP contribution < -0.4 is 10.5 Å². The minimum atomic E-state index is 0.0785. The van der Waals surface area contributed by atoms with E-state index in [1.54, 1.807) is 36.0 Å². The first-order valence-electron chi connectivity index (χ1n) is 6.31. The van der Waals surface area contributed by atoms with Crippen LogP contribution in [0, 0.1) is 6.92 Å². The highest BCUT2D eigenvalue weighted by molar-refractivity contribution is 7.99. The van der Waals surface area contributed by atoms with Crippen LogP contribution in [0.3, 0.4) is 0 Å². The molecule has 8 heteroatoms. The summed E-state index contributed by atoms with van der Waals surface area (Å²) in [6.07, 6.45) is 0. The van der Waals surface area contributed by atoms with Gasteiger partial charge in [-0.25, -0.2) is 0 Å². The van der Waals surface area contributed by atoms with Crippen molar-refractivity contribution in [3.05, 3.63) is 35.7 Å².